The van der Waals surface area contributed by atoms with Crippen molar-refractivity contribution >= 4 is 34.5 Å². The van der Waals surface area contributed by atoms with E-state index in [0.29, 0.717) is 16.2 Å². The molecular weight excluding hydrogens is 441 g/mol. The number of hydrogen-bond donors (Lipinski definition) is 1. The molecule has 0 bridgehead atoms. The summed E-state index contributed by atoms with van der Waals surface area (Å²) in [6, 6.07) is 13.4. The third kappa shape index (κ3) is 4.04. The first-order chi connectivity index (χ1) is 15.6. The Balaban J connectivity index is 1.93. The van der Waals surface area contributed by atoms with E-state index < -0.39 is 23.5 Å². The maximum atomic E-state index is 14.0. The summed E-state index contributed by atoms with van der Waals surface area (Å²) in [5.74, 6) is -1.77. The molecule has 0 spiro atoms. The summed E-state index contributed by atoms with van der Waals surface area (Å²) < 4.78 is 19.4. The molecule has 1 amide bonds. The van der Waals surface area contributed by atoms with Crippen molar-refractivity contribution in [1.82, 2.24) is 0 Å². The number of ketones is 1. The fraction of sp³-hybridized carbons (Fsp3) is 0.231. The molecule has 170 valence electrons. The fourth-order valence-corrected chi connectivity index (χ4v) is 4.86. The zero-order valence-electron chi connectivity index (χ0n) is 18.8. The van der Waals surface area contributed by atoms with Crippen molar-refractivity contribution in [3.8, 4) is 5.75 Å². The Hall–Kier alpha value is -3.45. The highest BCUT2D eigenvalue weighted by Crippen LogP contribution is 2.44. The van der Waals surface area contributed by atoms with Crippen LogP contribution < -0.4 is 9.64 Å². The number of nitrogens with zero attached hydrogens (tertiary/aromatic N) is 1. The molecule has 1 fully saturated rings. The lowest BCUT2D eigenvalue weighted by atomic mass is 9.84. The lowest BCUT2D eigenvalue weighted by Gasteiger charge is -2.25. The van der Waals surface area contributed by atoms with Crippen LogP contribution in [0.15, 0.2) is 65.6 Å². The number of carbonyl (C=O) groups excluding carboxylic acids is 2. The van der Waals surface area contributed by atoms with Crippen molar-refractivity contribution in [2.75, 3.05) is 12.0 Å². The number of halogens is 1. The lowest BCUT2D eigenvalue weighted by molar-refractivity contribution is -0.132. The molecular formula is C26H24FNO4S. The number of aliphatic hydroxyl groups excluding tert-OH is 1. The van der Waals surface area contributed by atoms with Crippen LogP contribution in [-0.2, 0) is 15.0 Å². The summed E-state index contributed by atoms with van der Waals surface area (Å²) in [6.45, 7) is 6.05. The van der Waals surface area contributed by atoms with Crippen molar-refractivity contribution in [3.63, 3.8) is 0 Å². The van der Waals surface area contributed by atoms with Crippen LogP contribution in [0.5, 0.6) is 5.75 Å². The van der Waals surface area contributed by atoms with Gasteiger partial charge in [0.15, 0.2) is 0 Å². The van der Waals surface area contributed by atoms with Crippen LogP contribution in [0.1, 0.15) is 42.8 Å². The lowest BCUT2D eigenvalue weighted by Crippen LogP contribution is -2.29. The number of carbonyl (C=O) groups is 2. The smallest absolute Gasteiger partial charge is 0.300 e. The quantitative estimate of drug-likeness (QED) is 0.300. The van der Waals surface area contributed by atoms with Gasteiger partial charge in [-0.05, 0) is 53.3 Å². The monoisotopic (exact) mass is 465 g/mol. The van der Waals surface area contributed by atoms with E-state index in [1.165, 1.54) is 34.4 Å². The molecule has 33 heavy (non-hydrogen) atoms. The van der Waals surface area contributed by atoms with E-state index in [0.717, 1.165) is 5.56 Å². The Morgan fingerprint density at radius 3 is 2.45 bits per heavy atom. The first-order valence-corrected chi connectivity index (χ1v) is 11.3. The summed E-state index contributed by atoms with van der Waals surface area (Å²) in [5.41, 5.74) is 1.18. The van der Waals surface area contributed by atoms with Gasteiger partial charge in [-0.2, -0.15) is 0 Å². The number of thiophene rings is 1. The van der Waals surface area contributed by atoms with E-state index in [9.17, 15) is 19.1 Å². The number of rotatable bonds is 4. The van der Waals surface area contributed by atoms with Crippen LogP contribution in [-0.4, -0.2) is 23.9 Å². The van der Waals surface area contributed by atoms with Gasteiger partial charge >= 0.3 is 0 Å². The normalized spacial score (nSPS) is 18.1. The maximum Gasteiger partial charge on any atom is 0.300 e. The molecule has 0 aliphatic carbocycles. The molecule has 2 heterocycles. The van der Waals surface area contributed by atoms with Crippen LogP contribution in [0.25, 0.3) is 5.76 Å². The second-order valence-corrected chi connectivity index (χ2v) is 9.81. The average Bonchev–Trinajstić information content (AvgIpc) is 3.39. The van der Waals surface area contributed by atoms with Gasteiger partial charge in [-0.15, -0.1) is 11.3 Å². The topological polar surface area (TPSA) is 66.8 Å². The van der Waals surface area contributed by atoms with Crippen molar-refractivity contribution < 1.29 is 23.8 Å². The molecule has 1 aliphatic heterocycles. The number of aliphatic hydroxyl groups is 1. The highest BCUT2D eigenvalue weighted by molar-refractivity contribution is 7.10. The van der Waals surface area contributed by atoms with Gasteiger partial charge in [-0.25, -0.2) is 4.39 Å². The first-order valence-electron chi connectivity index (χ1n) is 10.4. The number of ether oxygens (including phenoxy) is 1. The number of hydrogen-bond acceptors (Lipinski definition) is 5. The molecule has 7 heteroatoms. The summed E-state index contributed by atoms with van der Waals surface area (Å²) >= 11 is 1.35. The molecule has 3 aromatic rings. The van der Waals surface area contributed by atoms with E-state index in [1.807, 2.05) is 26.2 Å². The minimum atomic E-state index is -0.869. The Bertz CT molecular complexity index is 1260. The third-order valence-electron chi connectivity index (χ3n) is 5.62. The van der Waals surface area contributed by atoms with Crippen LogP contribution >= 0.6 is 11.3 Å². The number of Topliss-reactive ketones (excluding diaryl/α,β-unsaturated/α-hetero) is 1. The van der Waals surface area contributed by atoms with Gasteiger partial charge in [-0.1, -0.05) is 32.9 Å². The summed E-state index contributed by atoms with van der Waals surface area (Å²) in [7, 11) is 1.57. The molecule has 2 aromatic carbocycles. The van der Waals surface area contributed by atoms with E-state index >= 15 is 0 Å². The van der Waals surface area contributed by atoms with Crippen molar-refractivity contribution in [1.29, 1.82) is 0 Å². The average molecular weight is 466 g/mol. The molecule has 5 nitrogen and oxygen atoms in total. The van der Waals surface area contributed by atoms with Crippen molar-refractivity contribution in [2.45, 2.75) is 32.2 Å². The summed E-state index contributed by atoms with van der Waals surface area (Å²) in [6.07, 6.45) is 0. The van der Waals surface area contributed by atoms with Gasteiger partial charge in [0.2, 0.25) is 0 Å². The molecule has 4 rings (SSSR count). The molecule has 0 radical (unpaired) electrons. The standard InChI is InChI=1S/C26H24FNO4S/c1-26(2,3)18-13-15(10-11-19(18)32-4)23(29)21-22(20-9-6-12-33-20)28(25(31)24(21)30)17-8-5-7-16(27)14-17/h5-14,22,29H,1-4H3/b23-21-. The fourth-order valence-electron chi connectivity index (χ4n) is 4.04. The predicted octanol–water partition coefficient (Wildman–Crippen LogP) is 5.82. The molecule has 1 aliphatic rings. The number of benzene rings is 2. The van der Waals surface area contributed by atoms with Crippen LogP contribution in [0.2, 0.25) is 0 Å². The maximum absolute atomic E-state index is 14.0. The highest BCUT2D eigenvalue weighted by Gasteiger charge is 2.47. The SMILES string of the molecule is COc1ccc(/C(O)=C2/C(=O)C(=O)N(c3cccc(F)c3)C2c2cccs2)cc1C(C)(C)C. The molecule has 1 unspecified atom stereocenters. The predicted molar refractivity (Wildman–Crippen MR) is 127 cm³/mol. The number of methoxy groups -OCH3 is 1. The van der Waals surface area contributed by atoms with Crippen LogP contribution in [0.3, 0.4) is 0 Å². The zero-order valence-corrected chi connectivity index (χ0v) is 19.6. The second kappa shape index (κ2) is 8.48. The summed E-state index contributed by atoms with van der Waals surface area (Å²) in [4.78, 5) is 28.2. The van der Waals surface area contributed by atoms with Gasteiger partial charge in [0.05, 0.1) is 12.7 Å². The van der Waals surface area contributed by atoms with Gasteiger partial charge in [0.1, 0.15) is 23.4 Å². The first kappa shape index (κ1) is 22.7. The van der Waals surface area contributed by atoms with Gasteiger partial charge in [0, 0.05) is 21.7 Å². The van der Waals surface area contributed by atoms with Crippen molar-refractivity contribution in [3.05, 3.63) is 87.4 Å². The van der Waals surface area contributed by atoms with Crippen molar-refractivity contribution in [2.24, 2.45) is 0 Å². The molecule has 1 N–H and O–H groups in total. The Morgan fingerprint density at radius 2 is 1.85 bits per heavy atom. The minimum Gasteiger partial charge on any atom is -0.507 e. The van der Waals surface area contributed by atoms with E-state index in [4.69, 9.17) is 4.74 Å². The molecule has 1 atom stereocenters. The zero-order chi connectivity index (χ0) is 23.9. The van der Waals surface area contributed by atoms with E-state index in [1.54, 1.807) is 43.5 Å². The Kier molecular flexibility index (Phi) is 5.84. The Labute approximate surface area is 195 Å². The van der Waals surface area contributed by atoms with Crippen LogP contribution in [0, 0.1) is 5.82 Å². The molecule has 1 aromatic heterocycles. The van der Waals surface area contributed by atoms with Crippen LogP contribution in [0.4, 0.5) is 10.1 Å². The number of amides is 1. The minimum absolute atomic E-state index is 0.0308. The van der Waals surface area contributed by atoms with E-state index in [2.05, 4.69) is 0 Å². The number of anilines is 1. The third-order valence-corrected chi connectivity index (χ3v) is 6.55. The second-order valence-electron chi connectivity index (χ2n) is 8.83. The molecule has 0 saturated carbocycles. The van der Waals surface area contributed by atoms with Gasteiger partial charge in [-0.3, -0.25) is 14.5 Å². The largest absolute Gasteiger partial charge is 0.507 e. The van der Waals surface area contributed by atoms with Gasteiger partial charge in [0.25, 0.3) is 11.7 Å². The van der Waals surface area contributed by atoms with Gasteiger partial charge < -0.3 is 9.84 Å². The highest BCUT2D eigenvalue weighted by atomic mass is 32.1. The molecule has 1 saturated heterocycles. The van der Waals surface area contributed by atoms with E-state index in [-0.39, 0.29) is 22.4 Å². The summed E-state index contributed by atoms with van der Waals surface area (Å²) in [5, 5.41) is 13.1. The Morgan fingerprint density at radius 1 is 1.09 bits per heavy atom.